The Labute approximate surface area is 331 Å². The second-order valence-electron chi connectivity index (χ2n) is 15.1. The molecule has 7 aromatic carbocycles. The van der Waals surface area contributed by atoms with Crippen LogP contribution in [0.4, 0.5) is 0 Å². The van der Waals surface area contributed by atoms with Crippen LogP contribution >= 0.6 is 0 Å². The van der Waals surface area contributed by atoms with Gasteiger partial charge in [0, 0.05) is 90.6 Å². The molecule has 6 nitrogen and oxygen atoms in total. The molecule has 0 saturated heterocycles. The molecule has 0 unspecified atom stereocenters. The van der Waals surface area contributed by atoms with Gasteiger partial charge in [0.1, 0.15) is 0 Å². The number of hydrogen-bond acceptors (Lipinski definition) is 2. The van der Waals surface area contributed by atoms with E-state index in [4.69, 9.17) is 0 Å². The normalized spacial score (nSPS) is 12.1. The van der Waals surface area contributed by atoms with E-state index < -0.39 is 0 Å². The van der Waals surface area contributed by atoms with E-state index >= 15 is 0 Å². The van der Waals surface area contributed by atoms with Crippen LogP contribution in [0.5, 0.6) is 0 Å². The van der Waals surface area contributed by atoms with Crippen molar-refractivity contribution in [3.63, 3.8) is 0 Å². The molecule has 0 atom stereocenters. The Morgan fingerprint density at radius 1 is 0.241 bits per heavy atom. The van der Waals surface area contributed by atoms with Crippen LogP contribution in [0.15, 0.2) is 195 Å². The molecule has 0 spiro atoms. The highest BCUT2D eigenvalue weighted by atomic mass is 15.0. The summed E-state index contributed by atoms with van der Waals surface area (Å²) in [6.45, 7) is 0. The van der Waals surface area contributed by atoms with Crippen molar-refractivity contribution in [3.05, 3.63) is 195 Å². The van der Waals surface area contributed by atoms with Crippen molar-refractivity contribution in [2.75, 3.05) is 0 Å². The highest BCUT2D eigenvalue weighted by Crippen LogP contribution is 2.42. The van der Waals surface area contributed by atoms with Crippen LogP contribution in [-0.2, 0) is 0 Å². The van der Waals surface area contributed by atoms with Gasteiger partial charge in [-0.25, -0.2) is 0 Å². The van der Waals surface area contributed by atoms with Crippen LogP contribution in [0.3, 0.4) is 0 Å². The van der Waals surface area contributed by atoms with Crippen molar-refractivity contribution >= 4 is 87.2 Å². The predicted molar refractivity (Wildman–Crippen MR) is 239 cm³/mol. The second-order valence-corrected chi connectivity index (χ2v) is 15.1. The lowest BCUT2D eigenvalue weighted by molar-refractivity contribution is 1.16. The zero-order valence-electron chi connectivity index (χ0n) is 31.2. The molecular formula is C52H32N6. The van der Waals surface area contributed by atoms with E-state index in [2.05, 4.69) is 198 Å². The Kier molecular flexibility index (Phi) is 6.35. The average Bonchev–Trinajstić information content (AvgIpc) is 4.00. The van der Waals surface area contributed by atoms with Crippen molar-refractivity contribution in [2.45, 2.75) is 0 Å². The molecule has 0 aliphatic heterocycles. The van der Waals surface area contributed by atoms with Gasteiger partial charge in [-0.2, -0.15) is 0 Å². The van der Waals surface area contributed by atoms with Gasteiger partial charge in [0.2, 0.25) is 0 Å². The van der Waals surface area contributed by atoms with Crippen molar-refractivity contribution in [3.8, 4) is 22.7 Å². The number of aromatic nitrogens is 6. The van der Waals surface area contributed by atoms with E-state index in [9.17, 15) is 0 Å². The van der Waals surface area contributed by atoms with Crippen molar-refractivity contribution in [1.82, 2.24) is 28.2 Å². The van der Waals surface area contributed by atoms with E-state index in [0.717, 1.165) is 55.6 Å². The Morgan fingerprint density at radius 3 is 1.07 bits per heavy atom. The Morgan fingerprint density at radius 2 is 0.603 bits per heavy atom. The third-order valence-corrected chi connectivity index (χ3v) is 12.1. The highest BCUT2D eigenvalue weighted by molar-refractivity contribution is 6.20. The predicted octanol–water partition coefficient (Wildman–Crippen LogP) is 12.9. The molecule has 270 valence electrons. The molecule has 0 aliphatic carbocycles. The fourth-order valence-electron chi connectivity index (χ4n) is 9.68. The molecule has 0 fully saturated rings. The van der Waals surface area contributed by atoms with Gasteiger partial charge in [0.05, 0.1) is 44.1 Å². The van der Waals surface area contributed by atoms with Crippen molar-refractivity contribution in [1.29, 1.82) is 0 Å². The number of hydrogen-bond donors (Lipinski definition) is 0. The van der Waals surface area contributed by atoms with Crippen LogP contribution in [0.25, 0.3) is 110 Å². The summed E-state index contributed by atoms with van der Waals surface area (Å²) in [6.07, 6.45) is 7.76. The lowest BCUT2D eigenvalue weighted by atomic mass is 10.1. The minimum absolute atomic E-state index is 1.12. The minimum Gasteiger partial charge on any atom is -0.309 e. The van der Waals surface area contributed by atoms with Gasteiger partial charge in [0.15, 0.2) is 0 Å². The quantitative estimate of drug-likeness (QED) is 0.180. The van der Waals surface area contributed by atoms with Crippen LogP contribution in [0.2, 0.25) is 0 Å². The lowest BCUT2D eigenvalue weighted by Crippen LogP contribution is -1.96. The monoisotopic (exact) mass is 740 g/mol. The number of rotatable bonds is 4. The lowest BCUT2D eigenvalue weighted by Gasteiger charge is -2.11. The third kappa shape index (κ3) is 4.26. The summed E-state index contributed by atoms with van der Waals surface area (Å²) in [5.74, 6) is 0. The van der Waals surface area contributed by atoms with E-state index in [-0.39, 0.29) is 0 Å². The van der Waals surface area contributed by atoms with Gasteiger partial charge in [-0.15, -0.1) is 0 Å². The molecule has 0 amide bonds. The standard InChI is InChI=1S/C52H32N6/c1-3-11-33(12-4-1)55-47-21-19-35(27-39(47)43-31-53-25-23-49(43)55)57-45-17-9-7-15-37(45)41-30-52-42(29-51(41)57)38-16-8-10-18-46(38)58(52)36-20-22-48-40(28-36)44-32-54-26-24-50(44)56(48)34-13-5-2-6-14-34/h1-32H. The maximum atomic E-state index is 4.57. The first-order valence-electron chi connectivity index (χ1n) is 19.6. The van der Waals surface area contributed by atoms with Crippen LogP contribution < -0.4 is 0 Å². The van der Waals surface area contributed by atoms with E-state index in [1.807, 2.05) is 24.8 Å². The summed E-state index contributed by atoms with van der Waals surface area (Å²) in [6, 6.07) is 61.6. The topological polar surface area (TPSA) is 45.5 Å². The Bertz CT molecular complexity index is 3540. The van der Waals surface area contributed by atoms with Gasteiger partial charge in [0.25, 0.3) is 0 Å². The van der Waals surface area contributed by atoms with Gasteiger partial charge >= 0.3 is 0 Å². The maximum absolute atomic E-state index is 4.57. The molecule has 13 rings (SSSR count). The molecule has 6 heteroatoms. The molecule has 0 bridgehead atoms. The first-order valence-corrected chi connectivity index (χ1v) is 19.6. The van der Waals surface area contributed by atoms with Crippen LogP contribution in [0.1, 0.15) is 0 Å². The summed E-state index contributed by atoms with van der Waals surface area (Å²) in [7, 11) is 0. The van der Waals surface area contributed by atoms with Gasteiger partial charge in [-0.05, 0) is 97.1 Å². The molecule has 0 saturated carbocycles. The summed E-state index contributed by atoms with van der Waals surface area (Å²) >= 11 is 0. The Hall–Kier alpha value is -7.96. The average molecular weight is 741 g/mol. The number of nitrogens with zero attached hydrogens (tertiary/aromatic N) is 6. The smallest absolute Gasteiger partial charge is 0.0571 e. The fraction of sp³-hybridized carbons (Fsp3) is 0. The highest BCUT2D eigenvalue weighted by Gasteiger charge is 2.21. The van der Waals surface area contributed by atoms with Crippen molar-refractivity contribution in [2.24, 2.45) is 0 Å². The molecule has 0 radical (unpaired) electrons. The molecule has 6 aromatic heterocycles. The molecule has 13 aromatic rings. The van der Waals surface area contributed by atoms with E-state index in [0.29, 0.717) is 0 Å². The summed E-state index contributed by atoms with van der Waals surface area (Å²) < 4.78 is 9.56. The molecule has 0 aliphatic rings. The number of pyridine rings is 2. The summed E-state index contributed by atoms with van der Waals surface area (Å²) in [5.41, 5.74) is 13.8. The molecule has 0 N–H and O–H groups in total. The summed E-state index contributed by atoms with van der Waals surface area (Å²) in [5, 5.41) is 9.48. The SMILES string of the molecule is c1ccc(-n2c3ccncc3c3cc(-n4c5ccccc5c5cc6c(cc54)c4ccccc4n6-c4ccc5c(c4)c4cnccc4n5-c4ccccc4)ccc32)cc1. The number of benzene rings is 7. The molecule has 58 heavy (non-hydrogen) atoms. The van der Waals surface area contributed by atoms with Gasteiger partial charge in [-0.1, -0.05) is 72.8 Å². The minimum atomic E-state index is 1.12. The Balaban J connectivity index is 1.07. The van der Waals surface area contributed by atoms with Crippen molar-refractivity contribution < 1.29 is 0 Å². The third-order valence-electron chi connectivity index (χ3n) is 12.1. The zero-order chi connectivity index (χ0) is 37.9. The number of fused-ring (bicyclic) bond motifs is 12. The molecule has 6 heterocycles. The molecular weight excluding hydrogens is 709 g/mol. The van der Waals surface area contributed by atoms with Gasteiger partial charge < -0.3 is 18.3 Å². The van der Waals surface area contributed by atoms with E-state index in [1.54, 1.807) is 0 Å². The number of para-hydroxylation sites is 4. The largest absolute Gasteiger partial charge is 0.309 e. The summed E-state index contributed by atoms with van der Waals surface area (Å²) in [4.78, 5) is 9.15. The second kappa shape index (κ2) is 11.8. The first kappa shape index (κ1) is 31.3. The van der Waals surface area contributed by atoms with Crippen LogP contribution in [0, 0.1) is 0 Å². The van der Waals surface area contributed by atoms with E-state index in [1.165, 1.54) is 54.4 Å². The zero-order valence-corrected chi connectivity index (χ0v) is 31.2. The maximum Gasteiger partial charge on any atom is 0.0571 e. The first-order chi connectivity index (χ1) is 28.8. The van der Waals surface area contributed by atoms with Gasteiger partial charge in [-0.3, -0.25) is 9.97 Å². The van der Waals surface area contributed by atoms with Crippen LogP contribution in [-0.4, -0.2) is 28.2 Å². The fourth-order valence-corrected chi connectivity index (χ4v) is 9.68.